The predicted octanol–water partition coefficient (Wildman–Crippen LogP) is 2.03. The fraction of sp³-hybridized carbons (Fsp3) is 0.0667. The first kappa shape index (κ1) is 19.0. The van der Waals surface area contributed by atoms with Crippen molar-refractivity contribution in [2.24, 2.45) is 5.14 Å². The van der Waals surface area contributed by atoms with Gasteiger partial charge in [0, 0.05) is 4.47 Å². The second-order valence-corrected chi connectivity index (χ2v) is 7.21. The number of nitrogens with two attached hydrogens (primary N) is 1. The van der Waals surface area contributed by atoms with Gasteiger partial charge in [-0.2, -0.15) is 0 Å². The molecule has 1 amide bonds. The Morgan fingerprint density at radius 1 is 1.20 bits per heavy atom. The Balaban J connectivity index is 2.05. The molecule has 0 heterocycles. The summed E-state index contributed by atoms with van der Waals surface area (Å²) in [5.41, 5.74) is -0.175. The SMILES string of the molecule is NS(=O)(=O)c1ccc(F)c(C(=O)OCC(=O)Nc2ccccc2Br)c1. The van der Waals surface area contributed by atoms with Crippen LogP contribution in [0.3, 0.4) is 0 Å². The lowest BCUT2D eigenvalue weighted by atomic mass is 10.2. The maximum absolute atomic E-state index is 13.7. The second-order valence-electron chi connectivity index (χ2n) is 4.79. The smallest absolute Gasteiger partial charge is 0.341 e. The van der Waals surface area contributed by atoms with Crippen LogP contribution in [0, 0.1) is 5.82 Å². The molecule has 0 aliphatic carbocycles. The summed E-state index contributed by atoms with van der Waals surface area (Å²) in [5, 5.41) is 7.42. The molecule has 7 nitrogen and oxygen atoms in total. The quantitative estimate of drug-likeness (QED) is 0.703. The standard InChI is InChI=1S/C15H12BrFN2O5S/c16-11-3-1-2-4-13(11)19-14(20)8-24-15(21)10-7-9(25(18,22)23)5-6-12(10)17/h1-7H,8H2,(H,19,20)(H2,18,22,23). The molecule has 0 bridgehead atoms. The molecule has 0 atom stereocenters. The number of anilines is 1. The molecule has 0 radical (unpaired) electrons. The number of esters is 1. The average molecular weight is 431 g/mol. The maximum Gasteiger partial charge on any atom is 0.341 e. The summed E-state index contributed by atoms with van der Waals surface area (Å²) in [5.74, 6) is -2.84. The van der Waals surface area contributed by atoms with Gasteiger partial charge in [0.1, 0.15) is 5.82 Å². The zero-order valence-electron chi connectivity index (χ0n) is 12.5. The minimum absolute atomic E-state index is 0.446. The first-order chi connectivity index (χ1) is 11.7. The van der Waals surface area contributed by atoms with Crippen molar-refractivity contribution in [2.45, 2.75) is 4.90 Å². The predicted molar refractivity (Wildman–Crippen MR) is 90.8 cm³/mol. The van der Waals surface area contributed by atoms with Crippen LogP contribution in [0.4, 0.5) is 10.1 Å². The van der Waals surface area contributed by atoms with E-state index in [0.29, 0.717) is 10.2 Å². The van der Waals surface area contributed by atoms with Crippen molar-refractivity contribution in [3.05, 3.63) is 58.3 Å². The van der Waals surface area contributed by atoms with E-state index in [1.807, 2.05) is 0 Å². The first-order valence-electron chi connectivity index (χ1n) is 6.72. The van der Waals surface area contributed by atoms with Crippen molar-refractivity contribution in [3.63, 3.8) is 0 Å². The largest absolute Gasteiger partial charge is 0.452 e. The Hall–Kier alpha value is -2.30. The van der Waals surface area contributed by atoms with Crippen molar-refractivity contribution in [1.82, 2.24) is 0 Å². The molecule has 2 rings (SSSR count). The van der Waals surface area contributed by atoms with E-state index in [9.17, 15) is 22.4 Å². The molecule has 132 valence electrons. The van der Waals surface area contributed by atoms with Gasteiger partial charge in [-0.1, -0.05) is 12.1 Å². The van der Waals surface area contributed by atoms with E-state index in [1.54, 1.807) is 24.3 Å². The molecule has 0 saturated carbocycles. The lowest BCUT2D eigenvalue weighted by Gasteiger charge is -2.09. The molecule has 2 aromatic carbocycles. The molecule has 0 saturated heterocycles. The molecule has 25 heavy (non-hydrogen) atoms. The van der Waals surface area contributed by atoms with E-state index in [2.05, 4.69) is 21.2 Å². The van der Waals surface area contributed by atoms with E-state index in [4.69, 9.17) is 9.88 Å². The molecule has 0 aromatic heterocycles. The van der Waals surface area contributed by atoms with Crippen molar-refractivity contribution < 1.29 is 27.1 Å². The molecule has 0 fully saturated rings. The summed E-state index contributed by atoms with van der Waals surface area (Å²) < 4.78 is 41.5. The Labute approximate surface area is 151 Å². The summed E-state index contributed by atoms with van der Waals surface area (Å²) in [6.07, 6.45) is 0. The number of para-hydroxylation sites is 1. The topological polar surface area (TPSA) is 116 Å². The summed E-state index contributed by atoms with van der Waals surface area (Å²) >= 11 is 3.24. The van der Waals surface area contributed by atoms with Crippen molar-refractivity contribution in [3.8, 4) is 0 Å². The average Bonchev–Trinajstić information content (AvgIpc) is 2.54. The molecule has 0 aliphatic heterocycles. The number of rotatable bonds is 5. The normalized spacial score (nSPS) is 11.0. The van der Waals surface area contributed by atoms with Crippen LogP contribution in [0.15, 0.2) is 51.8 Å². The van der Waals surface area contributed by atoms with Gasteiger partial charge in [0.2, 0.25) is 10.0 Å². The van der Waals surface area contributed by atoms with Crippen LogP contribution in [0.25, 0.3) is 0 Å². The highest BCUT2D eigenvalue weighted by Crippen LogP contribution is 2.21. The molecule has 2 aromatic rings. The molecule has 3 N–H and O–H groups in total. The number of primary sulfonamides is 1. The van der Waals surface area contributed by atoms with E-state index in [-0.39, 0.29) is 0 Å². The number of hydrogen-bond donors (Lipinski definition) is 2. The minimum atomic E-state index is -4.11. The van der Waals surface area contributed by atoms with Crippen LogP contribution in [0.1, 0.15) is 10.4 Å². The Morgan fingerprint density at radius 3 is 2.52 bits per heavy atom. The lowest BCUT2D eigenvalue weighted by molar-refractivity contribution is -0.119. The number of sulfonamides is 1. The van der Waals surface area contributed by atoms with Crippen LogP contribution < -0.4 is 10.5 Å². The van der Waals surface area contributed by atoms with Gasteiger partial charge in [-0.05, 0) is 46.3 Å². The van der Waals surface area contributed by atoms with E-state index in [0.717, 1.165) is 18.2 Å². The van der Waals surface area contributed by atoms with Gasteiger partial charge >= 0.3 is 5.97 Å². The highest BCUT2D eigenvalue weighted by atomic mass is 79.9. The third kappa shape index (κ3) is 5.08. The number of ether oxygens (including phenoxy) is 1. The van der Waals surface area contributed by atoms with Gasteiger partial charge in [0.25, 0.3) is 5.91 Å². The van der Waals surface area contributed by atoms with Crippen LogP contribution in [-0.4, -0.2) is 26.9 Å². The fourth-order valence-electron chi connectivity index (χ4n) is 1.80. The summed E-state index contributed by atoms with van der Waals surface area (Å²) in [6.45, 7) is -0.681. The lowest BCUT2D eigenvalue weighted by Crippen LogP contribution is -2.22. The number of benzene rings is 2. The Morgan fingerprint density at radius 2 is 1.88 bits per heavy atom. The van der Waals surface area contributed by atoms with Crippen molar-refractivity contribution >= 4 is 43.5 Å². The van der Waals surface area contributed by atoms with Gasteiger partial charge in [-0.15, -0.1) is 0 Å². The van der Waals surface area contributed by atoms with Gasteiger partial charge in [-0.3, -0.25) is 4.79 Å². The van der Waals surface area contributed by atoms with E-state index >= 15 is 0 Å². The van der Waals surface area contributed by atoms with E-state index < -0.39 is 44.8 Å². The zero-order chi connectivity index (χ0) is 18.6. The van der Waals surface area contributed by atoms with Crippen molar-refractivity contribution in [2.75, 3.05) is 11.9 Å². The Bertz CT molecular complexity index is 933. The minimum Gasteiger partial charge on any atom is -0.452 e. The molecular formula is C15H12BrFN2O5S. The number of carbonyl (C=O) groups is 2. The van der Waals surface area contributed by atoms with Crippen molar-refractivity contribution in [1.29, 1.82) is 0 Å². The summed E-state index contributed by atoms with van der Waals surface area (Å²) in [7, 11) is -4.11. The highest BCUT2D eigenvalue weighted by Gasteiger charge is 2.19. The van der Waals surface area contributed by atoms with E-state index in [1.165, 1.54) is 0 Å². The highest BCUT2D eigenvalue weighted by molar-refractivity contribution is 9.10. The van der Waals surface area contributed by atoms with Gasteiger partial charge < -0.3 is 10.1 Å². The third-order valence-corrected chi connectivity index (χ3v) is 4.57. The third-order valence-electron chi connectivity index (χ3n) is 2.97. The van der Waals surface area contributed by atoms with Gasteiger partial charge in [0.15, 0.2) is 6.61 Å². The Kier molecular flexibility index (Phi) is 5.88. The zero-order valence-corrected chi connectivity index (χ0v) is 14.9. The van der Waals surface area contributed by atoms with Gasteiger partial charge in [-0.25, -0.2) is 22.7 Å². The molecule has 10 heteroatoms. The van der Waals surface area contributed by atoms with Crippen LogP contribution in [0.5, 0.6) is 0 Å². The summed E-state index contributed by atoms with van der Waals surface area (Å²) in [6, 6.07) is 9.22. The second kappa shape index (κ2) is 7.72. The number of amides is 1. The first-order valence-corrected chi connectivity index (χ1v) is 9.06. The summed E-state index contributed by atoms with van der Waals surface area (Å²) in [4.78, 5) is 23.2. The number of halogens is 2. The monoisotopic (exact) mass is 430 g/mol. The molecular weight excluding hydrogens is 419 g/mol. The van der Waals surface area contributed by atoms with Crippen LogP contribution in [-0.2, 0) is 19.6 Å². The fourth-order valence-corrected chi connectivity index (χ4v) is 2.72. The van der Waals surface area contributed by atoms with Crippen LogP contribution in [0.2, 0.25) is 0 Å². The number of hydrogen-bond acceptors (Lipinski definition) is 5. The number of nitrogens with one attached hydrogen (secondary N) is 1. The maximum atomic E-state index is 13.7. The molecule has 0 spiro atoms. The molecule has 0 unspecified atom stereocenters. The molecule has 0 aliphatic rings. The van der Waals surface area contributed by atoms with Crippen LogP contribution >= 0.6 is 15.9 Å². The van der Waals surface area contributed by atoms with Gasteiger partial charge in [0.05, 0.1) is 16.1 Å². The number of carbonyl (C=O) groups excluding carboxylic acids is 2.